The SMILES string of the molecule is N[C@@H](CCC(=O)N[C@@H](CSCC=O)C(=O)NCC(=O)O)C(=O)O. The normalized spacial score (nSPS) is 12.7. The van der Waals surface area contributed by atoms with Gasteiger partial charge in [0.1, 0.15) is 24.9 Å². The maximum absolute atomic E-state index is 11.8. The first kappa shape index (κ1) is 20.9. The summed E-state index contributed by atoms with van der Waals surface area (Å²) in [6, 6.07) is -2.22. The van der Waals surface area contributed by atoms with Crippen LogP contribution in [0.3, 0.4) is 0 Å². The quantitative estimate of drug-likeness (QED) is 0.193. The molecule has 0 bridgehead atoms. The highest BCUT2D eigenvalue weighted by Crippen LogP contribution is 2.03. The summed E-state index contributed by atoms with van der Waals surface area (Å²) in [7, 11) is 0. The van der Waals surface area contributed by atoms with E-state index < -0.39 is 42.4 Å². The van der Waals surface area contributed by atoms with Gasteiger partial charge in [0, 0.05) is 17.9 Å². The largest absolute Gasteiger partial charge is 0.480 e. The number of carboxylic acids is 2. The van der Waals surface area contributed by atoms with Gasteiger partial charge in [-0.1, -0.05) is 0 Å². The number of carbonyl (C=O) groups is 5. The summed E-state index contributed by atoms with van der Waals surface area (Å²) in [6.07, 6.45) is 0.325. The molecule has 0 aromatic heterocycles. The third kappa shape index (κ3) is 10.3. The van der Waals surface area contributed by atoms with E-state index in [4.69, 9.17) is 15.9 Å². The topological polar surface area (TPSA) is 176 Å². The number of carboxylic acid groups (broad SMARTS) is 2. The third-order valence-electron chi connectivity index (χ3n) is 2.54. The van der Waals surface area contributed by atoms with E-state index in [2.05, 4.69) is 10.6 Å². The molecule has 0 aliphatic rings. The summed E-state index contributed by atoms with van der Waals surface area (Å²) in [6.45, 7) is -0.604. The fraction of sp³-hybridized carbons (Fsp3) is 0.583. The summed E-state index contributed by atoms with van der Waals surface area (Å²) in [4.78, 5) is 54.8. The van der Waals surface area contributed by atoms with Gasteiger partial charge in [-0.25, -0.2) is 0 Å². The van der Waals surface area contributed by atoms with Gasteiger partial charge < -0.3 is 31.4 Å². The second-order valence-corrected chi connectivity index (χ2v) is 5.49. The molecule has 0 aromatic carbocycles. The average Bonchev–Trinajstić information content (AvgIpc) is 2.49. The molecule has 130 valence electrons. The number of nitrogens with one attached hydrogen (secondary N) is 2. The highest BCUT2D eigenvalue weighted by atomic mass is 32.2. The Morgan fingerprint density at radius 1 is 1.22 bits per heavy atom. The van der Waals surface area contributed by atoms with Crippen molar-refractivity contribution >= 4 is 41.8 Å². The molecule has 0 heterocycles. The Bertz CT molecular complexity index is 458. The predicted octanol–water partition coefficient (Wildman–Crippen LogP) is -2.20. The molecule has 23 heavy (non-hydrogen) atoms. The molecule has 0 saturated heterocycles. The zero-order chi connectivity index (χ0) is 17.8. The van der Waals surface area contributed by atoms with E-state index >= 15 is 0 Å². The number of aldehydes is 1. The maximum Gasteiger partial charge on any atom is 0.322 e. The molecule has 0 aliphatic carbocycles. The number of hydrogen-bond donors (Lipinski definition) is 5. The van der Waals surface area contributed by atoms with Crippen molar-refractivity contribution < 1.29 is 34.2 Å². The lowest BCUT2D eigenvalue weighted by molar-refractivity contribution is -0.139. The minimum absolute atomic E-state index is 0.0704. The number of nitrogens with two attached hydrogens (primary N) is 1. The summed E-state index contributed by atoms with van der Waals surface area (Å²) in [5, 5.41) is 21.6. The van der Waals surface area contributed by atoms with Crippen molar-refractivity contribution in [1.29, 1.82) is 0 Å². The summed E-state index contributed by atoms with van der Waals surface area (Å²) in [5.41, 5.74) is 5.27. The van der Waals surface area contributed by atoms with Crippen LogP contribution >= 0.6 is 11.8 Å². The molecule has 0 fully saturated rings. The lowest BCUT2D eigenvalue weighted by Gasteiger charge is -2.17. The Kier molecular flexibility index (Phi) is 10.4. The molecule has 10 nitrogen and oxygen atoms in total. The van der Waals surface area contributed by atoms with E-state index in [9.17, 15) is 24.0 Å². The van der Waals surface area contributed by atoms with Gasteiger partial charge in [0.25, 0.3) is 0 Å². The molecule has 2 amide bonds. The van der Waals surface area contributed by atoms with E-state index in [1.54, 1.807) is 0 Å². The van der Waals surface area contributed by atoms with E-state index in [0.29, 0.717) is 6.29 Å². The third-order valence-corrected chi connectivity index (χ3v) is 3.48. The lowest BCUT2D eigenvalue weighted by atomic mass is 10.1. The average molecular weight is 349 g/mol. The number of amides is 2. The first-order valence-corrected chi connectivity index (χ1v) is 7.72. The number of rotatable bonds is 12. The van der Waals surface area contributed by atoms with Crippen LogP contribution in [-0.4, -0.2) is 70.4 Å². The number of aliphatic carboxylic acids is 2. The minimum atomic E-state index is -1.24. The van der Waals surface area contributed by atoms with Crippen molar-refractivity contribution in [2.75, 3.05) is 18.1 Å². The summed E-state index contributed by atoms with van der Waals surface area (Å²) < 4.78 is 0. The number of carbonyl (C=O) groups excluding carboxylic acids is 3. The van der Waals surface area contributed by atoms with Crippen LogP contribution in [0.1, 0.15) is 12.8 Å². The van der Waals surface area contributed by atoms with Crippen molar-refractivity contribution in [3.8, 4) is 0 Å². The van der Waals surface area contributed by atoms with Crippen molar-refractivity contribution in [1.82, 2.24) is 10.6 Å². The van der Waals surface area contributed by atoms with Gasteiger partial charge in [-0.15, -0.1) is 0 Å². The Balaban J connectivity index is 4.50. The van der Waals surface area contributed by atoms with Gasteiger partial charge in [0.2, 0.25) is 11.8 Å². The molecule has 11 heteroatoms. The molecule has 0 spiro atoms. The summed E-state index contributed by atoms with van der Waals surface area (Å²) >= 11 is 1.09. The number of thioether (sulfide) groups is 1. The lowest BCUT2D eigenvalue weighted by Crippen LogP contribution is -2.49. The van der Waals surface area contributed by atoms with E-state index in [1.807, 2.05) is 0 Å². The van der Waals surface area contributed by atoms with Crippen LogP contribution in [0.2, 0.25) is 0 Å². The molecule has 0 rings (SSSR count). The highest BCUT2D eigenvalue weighted by molar-refractivity contribution is 7.99. The molecule has 0 unspecified atom stereocenters. The second kappa shape index (κ2) is 11.4. The molecule has 0 aliphatic heterocycles. The first-order valence-electron chi connectivity index (χ1n) is 6.56. The highest BCUT2D eigenvalue weighted by Gasteiger charge is 2.22. The van der Waals surface area contributed by atoms with E-state index in [1.165, 1.54) is 0 Å². The van der Waals surface area contributed by atoms with Crippen molar-refractivity contribution in [2.24, 2.45) is 5.73 Å². The fourth-order valence-electron chi connectivity index (χ4n) is 1.38. The van der Waals surface area contributed by atoms with Crippen molar-refractivity contribution in [2.45, 2.75) is 24.9 Å². The standard InChI is InChI=1S/C12H19N3O7S/c13-7(12(21)22)1-2-9(17)15-8(6-23-4-3-16)11(20)14-5-10(18)19/h3,7-8H,1-2,4-6,13H2,(H,14,20)(H,15,17)(H,18,19)(H,21,22)/t7-,8-/m0/s1. The molecule has 0 radical (unpaired) electrons. The Labute approximate surface area is 136 Å². The molecule has 2 atom stereocenters. The molecule has 6 N–H and O–H groups in total. The van der Waals surface area contributed by atoms with Crippen LogP contribution in [0.25, 0.3) is 0 Å². The Morgan fingerprint density at radius 3 is 2.39 bits per heavy atom. The van der Waals surface area contributed by atoms with E-state index in [-0.39, 0.29) is 24.3 Å². The van der Waals surface area contributed by atoms with Crippen LogP contribution in [-0.2, 0) is 24.0 Å². The first-order chi connectivity index (χ1) is 10.8. The zero-order valence-electron chi connectivity index (χ0n) is 12.2. The Morgan fingerprint density at radius 2 is 1.87 bits per heavy atom. The van der Waals surface area contributed by atoms with Gasteiger partial charge >= 0.3 is 11.9 Å². The van der Waals surface area contributed by atoms with Crippen LogP contribution < -0.4 is 16.4 Å². The van der Waals surface area contributed by atoms with Gasteiger partial charge in [0.05, 0.1) is 0 Å². The van der Waals surface area contributed by atoms with Crippen LogP contribution in [0.5, 0.6) is 0 Å². The summed E-state index contributed by atoms with van der Waals surface area (Å²) in [5.74, 6) is -3.60. The Hall–Kier alpha value is -2.14. The van der Waals surface area contributed by atoms with Gasteiger partial charge in [-0.3, -0.25) is 19.2 Å². The van der Waals surface area contributed by atoms with Gasteiger partial charge in [0.15, 0.2) is 0 Å². The molecular weight excluding hydrogens is 330 g/mol. The minimum Gasteiger partial charge on any atom is -0.480 e. The van der Waals surface area contributed by atoms with E-state index in [0.717, 1.165) is 11.8 Å². The van der Waals surface area contributed by atoms with Crippen molar-refractivity contribution in [3.05, 3.63) is 0 Å². The monoisotopic (exact) mass is 349 g/mol. The zero-order valence-corrected chi connectivity index (χ0v) is 13.0. The van der Waals surface area contributed by atoms with Crippen LogP contribution in [0.4, 0.5) is 0 Å². The molecule has 0 aromatic rings. The molecule has 0 saturated carbocycles. The van der Waals surface area contributed by atoms with Gasteiger partial charge in [-0.2, -0.15) is 11.8 Å². The smallest absolute Gasteiger partial charge is 0.322 e. The molecular formula is C12H19N3O7S. The van der Waals surface area contributed by atoms with Crippen molar-refractivity contribution in [3.63, 3.8) is 0 Å². The fourth-order valence-corrected chi connectivity index (χ4v) is 2.08. The maximum atomic E-state index is 11.8. The predicted molar refractivity (Wildman–Crippen MR) is 80.8 cm³/mol. The number of hydrogen-bond acceptors (Lipinski definition) is 7. The van der Waals surface area contributed by atoms with Crippen LogP contribution in [0, 0.1) is 0 Å². The second-order valence-electron chi connectivity index (χ2n) is 4.42. The van der Waals surface area contributed by atoms with Crippen LogP contribution in [0.15, 0.2) is 0 Å². The van der Waals surface area contributed by atoms with Gasteiger partial charge in [-0.05, 0) is 6.42 Å².